The summed E-state index contributed by atoms with van der Waals surface area (Å²) in [6.07, 6.45) is 1.98. The van der Waals surface area contributed by atoms with E-state index in [0.29, 0.717) is 54.2 Å². The van der Waals surface area contributed by atoms with Gasteiger partial charge < -0.3 is 24.8 Å². The molecule has 4 rings (SSSR count). The molecule has 2 aromatic carbocycles. The molecule has 0 spiro atoms. The number of benzene rings is 2. The number of ether oxygens (including phenoxy) is 3. The van der Waals surface area contributed by atoms with Crippen molar-refractivity contribution in [3.8, 4) is 11.5 Å². The predicted octanol–water partition coefficient (Wildman–Crippen LogP) is 3.10. The van der Waals surface area contributed by atoms with Gasteiger partial charge in [-0.3, -0.25) is 14.9 Å². The van der Waals surface area contributed by atoms with Gasteiger partial charge in [0.25, 0.3) is 5.91 Å². The topological polar surface area (TPSA) is 110 Å². The van der Waals surface area contributed by atoms with Crippen LogP contribution in [-0.4, -0.2) is 50.2 Å². The average Bonchev–Trinajstić information content (AvgIpc) is 3.32. The number of amides is 2. The lowest BCUT2D eigenvalue weighted by molar-refractivity contribution is -0.114. The van der Waals surface area contributed by atoms with E-state index in [2.05, 4.69) is 20.9 Å². The molecule has 2 aromatic rings. The van der Waals surface area contributed by atoms with Gasteiger partial charge in [-0.15, -0.1) is 0 Å². The summed E-state index contributed by atoms with van der Waals surface area (Å²) in [5.41, 5.74) is 2.56. The van der Waals surface area contributed by atoms with Gasteiger partial charge in [-0.25, -0.2) is 4.99 Å². The Morgan fingerprint density at radius 2 is 1.85 bits per heavy atom. The summed E-state index contributed by atoms with van der Waals surface area (Å²) in [5.74, 6) is 1.06. The number of aliphatic imine (C=N–C) groups is 1. The number of nitrogens with one attached hydrogen (secondary N) is 3. The number of anilines is 2. The lowest BCUT2D eigenvalue weighted by atomic mass is 10.1. The molecule has 33 heavy (non-hydrogen) atoms. The van der Waals surface area contributed by atoms with E-state index >= 15 is 0 Å². The Balaban J connectivity index is 1.52. The summed E-state index contributed by atoms with van der Waals surface area (Å²) in [5, 5.41) is 8.76. The molecule has 9 nitrogen and oxygen atoms in total. The van der Waals surface area contributed by atoms with E-state index in [0.717, 1.165) is 25.0 Å². The molecule has 2 amide bonds. The second kappa shape index (κ2) is 10.4. The monoisotopic (exact) mass is 452 g/mol. The highest BCUT2D eigenvalue weighted by molar-refractivity contribution is 6.10. The fraction of sp³-hybridized carbons (Fsp3) is 0.375. The van der Waals surface area contributed by atoms with E-state index < -0.39 is 0 Å². The zero-order valence-electron chi connectivity index (χ0n) is 18.8. The molecule has 1 saturated heterocycles. The number of carbonyl (C=O) groups excluding carboxylic acids is 2. The summed E-state index contributed by atoms with van der Waals surface area (Å²) in [4.78, 5) is 29.0. The number of aryl methyl sites for hydroxylation is 1. The molecule has 0 radical (unpaired) electrons. The van der Waals surface area contributed by atoms with Gasteiger partial charge in [0.15, 0.2) is 11.5 Å². The van der Waals surface area contributed by atoms with Crippen LogP contribution in [0.3, 0.4) is 0 Å². The SMILES string of the molecule is CC(=O)Nc1cc(C(=O)NC(=NCC2CCCO2)Nc2ccc3c(c2)OCCO3)ccc1C. The maximum atomic E-state index is 13.0. The predicted molar refractivity (Wildman–Crippen MR) is 125 cm³/mol. The van der Waals surface area contributed by atoms with Crippen LogP contribution in [0.2, 0.25) is 0 Å². The fourth-order valence-corrected chi connectivity index (χ4v) is 3.62. The molecule has 1 fully saturated rings. The highest BCUT2D eigenvalue weighted by Crippen LogP contribution is 2.32. The van der Waals surface area contributed by atoms with E-state index in [-0.39, 0.29) is 17.9 Å². The summed E-state index contributed by atoms with van der Waals surface area (Å²) >= 11 is 0. The van der Waals surface area contributed by atoms with Crippen LogP contribution in [-0.2, 0) is 9.53 Å². The summed E-state index contributed by atoms with van der Waals surface area (Å²) in [7, 11) is 0. The molecule has 174 valence electrons. The molecule has 0 saturated carbocycles. The van der Waals surface area contributed by atoms with Crippen molar-refractivity contribution in [2.75, 3.05) is 37.0 Å². The van der Waals surface area contributed by atoms with Crippen LogP contribution in [0, 0.1) is 6.92 Å². The molecule has 0 bridgehead atoms. The van der Waals surface area contributed by atoms with E-state index in [1.165, 1.54) is 6.92 Å². The maximum Gasteiger partial charge on any atom is 0.258 e. The van der Waals surface area contributed by atoms with Gasteiger partial charge in [-0.1, -0.05) is 6.07 Å². The number of carbonyl (C=O) groups is 2. The van der Waals surface area contributed by atoms with Crippen molar-refractivity contribution in [1.29, 1.82) is 0 Å². The Kier molecular flexibility index (Phi) is 7.09. The second-order valence-corrected chi connectivity index (χ2v) is 7.97. The molecular formula is C24H28N4O5. The normalized spacial score (nSPS) is 17.4. The molecule has 9 heteroatoms. The van der Waals surface area contributed by atoms with Gasteiger partial charge in [-0.2, -0.15) is 0 Å². The third kappa shape index (κ3) is 6.01. The highest BCUT2D eigenvalue weighted by Gasteiger charge is 2.18. The molecule has 1 unspecified atom stereocenters. The van der Waals surface area contributed by atoms with Crippen LogP contribution in [0.1, 0.15) is 35.7 Å². The second-order valence-electron chi connectivity index (χ2n) is 7.97. The molecule has 2 heterocycles. The van der Waals surface area contributed by atoms with E-state index in [4.69, 9.17) is 14.2 Å². The van der Waals surface area contributed by atoms with E-state index in [9.17, 15) is 9.59 Å². The fourth-order valence-electron chi connectivity index (χ4n) is 3.62. The molecule has 0 aromatic heterocycles. The third-order valence-electron chi connectivity index (χ3n) is 5.32. The molecule has 0 aliphatic carbocycles. The first kappa shape index (κ1) is 22.6. The Labute approximate surface area is 192 Å². The number of nitrogens with zero attached hydrogens (tertiary/aromatic N) is 1. The average molecular weight is 453 g/mol. The zero-order valence-corrected chi connectivity index (χ0v) is 18.8. The zero-order chi connectivity index (χ0) is 23.2. The molecule has 1 atom stereocenters. The van der Waals surface area contributed by atoms with Gasteiger partial charge in [0, 0.05) is 36.5 Å². The Morgan fingerprint density at radius 3 is 2.61 bits per heavy atom. The number of hydrogen-bond donors (Lipinski definition) is 3. The summed E-state index contributed by atoms with van der Waals surface area (Å²) in [6, 6.07) is 10.6. The first-order valence-electron chi connectivity index (χ1n) is 11.0. The minimum Gasteiger partial charge on any atom is -0.486 e. The Bertz CT molecular complexity index is 1060. The van der Waals surface area contributed by atoms with E-state index in [1.807, 2.05) is 25.1 Å². The number of rotatable bonds is 5. The Morgan fingerprint density at radius 1 is 1.03 bits per heavy atom. The van der Waals surface area contributed by atoms with Gasteiger partial charge >= 0.3 is 0 Å². The summed E-state index contributed by atoms with van der Waals surface area (Å²) in [6.45, 7) is 5.45. The van der Waals surface area contributed by atoms with Crippen LogP contribution >= 0.6 is 0 Å². The molecule has 2 aliphatic heterocycles. The number of fused-ring (bicyclic) bond motifs is 1. The van der Waals surface area contributed by atoms with Crippen LogP contribution in [0.5, 0.6) is 11.5 Å². The van der Waals surface area contributed by atoms with Crippen molar-refractivity contribution in [1.82, 2.24) is 5.32 Å². The van der Waals surface area contributed by atoms with Crippen LogP contribution < -0.4 is 25.4 Å². The standard InChI is InChI=1S/C24H28N4O5/c1-15-5-6-17(12-20(15)26-16(2)29)23(30)28-24(25-14-19-4-3-9-31-19)27-18-7-8-21-22(13-18)33-11-10-32-21/h5-8,12-13,19H,3-4,9-11,14H2,1-2H3,(H,26,29)(H2,25,27,28,30). The highest BCUT2D eigenvalue weighted by atomic mass is 16.6. The third-order valence-corrected chi connectivity index (χ3v) is 5.32. The lowest BCUT2D eigenvalue weighted by Crippen LogP contribution is -2.37. The Hall–Kier alpha value is -3.59. The minimum atomic E-state index is -0.349. The quantitative estimate of drug-likeness (QED) is 0.475. The molecular weight excluding hydrogens is 424 g/mol. The van der Waals surface area contributed by atoms with Crippen molar-refractivity contribution in [2.24, 2.45) is 4.99 Å². The van der Waals surface area contributed by atoms with Gasteiger partial charge in [-0.05, 0) is 49.6 Å². The number of hydrogen-bond acceptors (Lipinski definition) is 6. The van der Waals surface area contributed by atoms with Crippen LogP contribution in [0.4, 0.5) is 11.4 Å². The minimum absolute atomic E-state index is 0.0321. The largest absolute Gasteiger partial charge is 0.486 e. The van der Waals surface area contributed by atoms with Crippen LogP contribution in [0.15, 0.2) is 41.4 Å². The van der Waals surface area contributed by atoms with Gasteiger partial charge in [0.1, 0.15) is 13.2 Å². The first-order chi connectivity index (χ1) is 16.0. The van der Waals surface area contributed by atoms with Crippen molar-refractivity contribution in [2.45, 2.75) is 32.8 Å². The van der Waals surface area contributed by atoms with Gasteiger partial charge in [0.2, 0.25) is 11.9 Å². The smallest absolute Gasteiger partial charge is 0.258 e. The lowest BCUT2D eigenvalue weighted by Gasteiger charge is -2.20. The molecule has 2 aliphatic rings. The van der Waals surface area contributed by atoms with Crippen molar-refractivity contribution < 1.29 is 23.8 Å². The first-order valence-corrected chi connectivity index (χ1v) is 11.0. The van der Waals surface area contributed by atoms with Gasteiger partial charge in [0.05, 0.1) is 12.6 Å². The van der Waals surface area contributed by atoms with E-state index in [1.54, 1.807) is 18.2 Å². The van der Waals surface area contributed by atoms with Crippen LogP contribution in [0.25, 0.3) is 0 Å². The van der Waals surface area contributed by atoms with Crippen molar-refractivity contribution >= 4 is 29.1 Å². The van der Waals surface area contributed by atoms with Crippen molar-refractivity contribution in [3.63, 3.8) is 0 Å². The van der Waals surface area contributed by atoms with Crippen molar-refractivity contribution in [3.05, 3.63) is 47.5 Å². The summed E-state index contributed by atoms with van der Waals surface area (Å²) < 4.78 is 16.9. The molecule has 3 N–H and O–H groups in total. The number of guanidine groups is 1. The maximum absolute atomic E-state index is 13.0.